The number of imidazole rings is 1. The van der Waals surface area contributed by atoms with Gasteiger partial charge < -0.3 is 10.1 Å². The largest absolute Gasteiger partial charge is 0.358 e. The number of hydrogen-bond acceptors (Lipinski definition) is 4. The van der Waals surface area contributed by atoms with Crippen molar-refractivity contribution in [2.24, 2.45) is 0 Å². The van der Waals surface area contributed by atoms with Crippen LogP contribution in [-0.4, -0.2) is 20.3 Å². The Morgan fingerprint density at radius 3 is 2.67 bits per heavy atom. The summed E-state index contributed by atoms with van der Waals surface area (Å²) in [5.74, 6) is 0.0996. The fourth-order valence-electron chi connectivity index (χ4n) is 1.66. The Kier molecular flexibility index (Phi) is 3.18. The van der Waals surface area contributed by atoms with Crippen LogP contribution >= 0.6 is 0 Å². The molecule has 0 unspecified atom stereocenters. The molecular formula is C12H11N3O3. The Morgan fingerprint density at radius 2 is 2.06 bits per heavy atom. The van der Waals surface area contributed by atoms with Crippen LogP contribution in [0.25, 0.3) is 0 Å². The number of aryl methyl sites for hydroxylation is 1. The Labute approximate surface area is 103 Å². The monoisotopic (exact) mass is 245 g/mol. The second kappa shape index (κ2) is 4.79. The molecule has 2 rings (SSSR count). The number of rotatable bonds is 4. The van der Waals surface area contributed by atoms with Gasteiger partial charge in [-0.2, -0.15) is 0 Å². The summed E-state index contributed by atoms with van der Waals surface area (Å²) < 4.78 is 1.30. The van der Waals surface area contributed by atoms with Gasteiger partial charge in [-0.05, 0) is 4.92 Å². The molecule has 0 atom stereocenters. The van der Waals surface area contributed by atoms with E-state index < -0.39 is 4.92 Å². The average Bonchev–Trinajstić information content (AvgIpc) is 2.72. The van der Waals surface area contributed by atoms with E-state index in [-0.39, 0.29) is 18.1 Å². The second-order valence-electron chi connectivity index (χ2n) is 3.80. The van der Waals surface area contributed by atoms with Crippen LogP contribution < -0.4 is 0 Å². The molecule has 2 aromatic rings. The predicted octanol–water partition coefficient (Wildman–Crippen LogP) is 1.98. The normalized spacial score (nSPS) is 10.3. The molecule has 1 aromatic carbocycles. The first-order chi connectivity index (χ1) is 8.59. The van der Waals surface area contributed by atoms with E-state index in [2.05, 4.69) is 4.98 Å². The highest BCUT2D eigenvalue weighted by Gasteiger charge is 2.20. The van der Waals surface area contributed by atoms with Gasteiger partial charge in [-0.3, -0.25) is 4.79 Å². The van der Waals surface area contributed by atoms with Gasteiger partial charge in [0, 0.05) is 12.5 Å². The lowest BCUT2D eigenvalue weighted by Gasteiger charge is -2.02. The van der Waals surface area contributed by atoms with E-state index in [1.54, 1.807) is 31.2 Å². The molecule has 0 aliphatic carbocycles. The molecule has 0 N–H and O–H groups in total. The number of carbonyl (C=O) groups is 1. The highest BCUT2D eigenvalue weighted by Crippen LogP contribution is 2.14. The first-order valence-electron chi connectivity index (χ1n) is 5.34. The van der Waals surface area contributed by atoms with Gasteiger partial charge in [0.2, 0.25) is 5.78 Å². The van der Waals surface area contributed by atoms with Crippen molar-refractivity contribution in [3.63, 3.8) is 0 Å². The van der Waals surface area contributed by atoms with Gasteiger partial charge in [-0.25, -0.2) is 9.55 Å². The molecule has 6 nitrogen and oxygen atoms in total. The summed E-state index contributed by atoms with van der Waals surface area (Å²) in [6.07, 6.45) is 1.16. The van der Waals surface area contributed by atoms with Gasteiger partial charge in [0.25, 0.3) is 0 Å². The average molecular weight is 245 g/mol. The number of nitro groups is 1. The summed E-state index contributed by atoms with van der Waals surface area (Å²) >= 11 is 0. The summed E-state index contributed by atoms with van der Waals surface area (Å²) in [6.45, 7) is 1.55. The van der Waals surface area contributed by atoms with Crippen LogP contribution in [0.1, 0.15) is 16.2 Å². The molecule has 0 aliphatic heterocycles. The Bertz CT molecular complexity index is 590. The zero-order valence-corrected chi connectivity index (χ0v) is 9.74. The zero-order chi connectivity index (χ0) is 13.1. The number of benzene rings is 1. The quantitative estimate of drug-likeness (QED) is 0.468. The van der Waals surface area contributed by atoms with Crippen LogP contribution in [-0.2, 0) is 6.54 Å². The van der Waals surface area contributed by atoms with Crippen molar-refractivity contribution in [1.82, 2.24) is 9.55 Å². The first-order valence-corrected chi connectivity index (χ1v) is 5.34. The van der Waals surface area contributed by atoms with Crippen molar-refractivity contribution >= 4 is 11.6 Å². The molecule has 0 aliphatic rings. The SMILES string of the molecule is Cc1ncc([N+](=O)[O-])n1CC(=O)c1ccccc1. The molecule has 92 valence electrons. The van der Waals surface area contributed by atoms with Crippen LogP contribution in [0.15, 0.2) is 36.5 Å². The van der Waals surface area contributed by atoms with Crippen molar-refractivity contribution in [3.8, 4) is 0 Å². The van der Waals surface area contributed by atoms with Crippen LogP contribution in [0.4, 0.5) is 5.82 Å². The van der Waals surface area contributed by atoms with E-state index in [0.717, 1.165) is 6.20 Å². The molecule has 0 amide bonds. The number of carbonyl (C=O) groups excluding carboxylic acids is 1. The smallest absolute Gasteiger partial charge is 0.343 e. The lowest BCUT2D eigenvalue weighted by Crippen LogP contribution is -2.13. The number of aromatic nitrogens is 2. The predicted molar refractivity (Wildman–Crippen MR) is 64.4 cm³/mol. The zero-order valence-electron chi connectivity index (χ0n) is 9.74. The molecule has 1 heterocycles. The molecule has 6 heteroatoms. The maximum absolute atomic E-state index is 12.0. The molecule has 0 saturated heterocycles. The highest BCUT2D eigenvalue weighted by atomic mass is 16.6. The lowest BCUT2D eigenvalue weighted by molar-refractivity contribution is -0.392. The number of Topliss-reactive ketones (excluding diaryl/α,β-unsaturated/α-hetero) is 1. The summed E-state index contributed by atoms with van der Waals surface area (Å²) in [7, 11) is 0. The minimum atomic E-state index is -0.543. The number of nitrogens with zero attached hydrogens (tertiary/aromatic N) is 3. The molecule has 0 radical (unpaired) electrons. The van der Waals surface area contributed by atoms with E-state index in [4.69, 9.17) is 0 Å². The fraction of sp³-hybridized carbons (Fsp3) is 0.167. The minimum Gasteiger partial charge on any atom is -0.358 e. The summed E-state index contributed by atoms with van der Waals surface area (Å²) in [5.41, 5.74) is 0.528. The topological polar surface area (TPSA) is 78.0 Å². The third-order valence-electron chi connectivity index (χ3n) is 2.62. The molecular weight excluding hydrogens is 234 g/mol. The maximum atomic E-state index is 12.0. The Balaban J connectivity index is 2.27. The third-order valence-corrected chi connectivity index (χ3v) is 2.62. The maximum Gasteiger partial charge on any atom is 0.343 e. The molecule has 0 saturated carbocycles. The van der Waals surface area contributed by atoms with Crippen molar-refractivity contribution in [3.05, 3.63) is 58.0 Å². The van der Waals surface area contributed by atoms with E-state index >= 15 is 0 Å². The van der Waals surface area contributed by atoms with Crippen molar-refractivity contribution in [1.29, 1.82) is 0 Å². The molecule has 18 heavy (non-hydrogen) atoms. The Morgan fingerprint density at radius 1 is 1.39 bits per heavy atom. The van der Waals surface area contributed by atoms with Gasteiger partial charge in [-0.1, -0.05) is 30.3 Å². The van der Waals surface area contributed by atoms with Crippen molar-refractivity contribution in [2.75, 3.05) is 0 Å². The molecule has 0 bridgehead atoms. The van der Waals surface area contributed by atoms with E-state index in [0.29, 0.717) is 11.4 Å². The van der Waals surface area contributed by atoms with Crippen molar-refractivity contribution in [2.45, 2.75) is 13.5 Å². The fourth-order valence-corrected chi connectivity index (χ4v) is 1.66. The van der Waals surface area contributed by atoms with Gasteiger partial charge in [-0.15, -0.1) is 0 Å². The van der Waals surface area contributed by atoms with Crippen LogP contribution in [0, 0.1) is 17.0 Å². The Hall–Kier alpha value is -2.50. The van der Waals surface area contributed by atoms with Gasteiger partial charge in [0.1, 0.15) is 6.20 Å². The van der Waals surface area contributed by atoms with Gasteiger partial charge in [0.05, 0.1) is 0 Å². The minimum absolute atomic E-state index is 0.0772. The highest BCUT2D eigenvalue weighted by molar-refractivity contribution is 5.96. The summed E-state index contributed by atoms with van der Waals surface area (Å²) in [4.78, 5) is 26.1. The standard InChI is InChI=1S/C12H11N3O3/c1-9-13-7-12(15(17)18)14(9)8-11(16)10-5-3-2-4-6-10/h2-7H,8H2,1H3. The summed E-state index contributed by atoms with van der Waals surface area (Å²) in [5, 5.41) is 10.8. The molecule has 0 fully saturated rings. The second-order valence-corrected chi connectivity index (χ2v) is 3.80. The lowest BCUT2D eigenvalue weighted by atomic mass is 10.1. The first kappa shape index (κ1) is 12.0. The van der Waals surface area contributed by atoms with Crippen LogP contribution in [0.2, 0.25) is 0 Å². The van der Waals surface area contributed by atoms with E-state index in [1.165, 1.54) is 4.57 Å². The molecule has 1 aromatic heterocycles. The van der Waals surface area contributed by atoms with E-state index in [1.807, 2.05) is 6.07 Å². The van der Waals surface area contributed by atoms with Crippen LogP contribution in [0.5, 0.6) is 0 Å². The molecule has 0 spiro atoms. The van der Waals surface area contributed by atoms with Crippen LogP contribution in [0.3, 0.4) is 0 Å². The number of ketones is 1. The van der Waals surface area contributed by atoms with E-state index in [9.17, 15) is 14.9 Å². The van der Waals surface area contributed by atoms with Gasteiger partial charge >= 0.3 is 5.82 Å². The van der Waals surface area contributed by atoms with Crippen molar-refractivity contribution < 1.29 is 9.72 Å². The number of hydrogen-bond donors (Lipinski definition) is 0. The van der Waals surface area contributed by atoms with Gasteiger partial charge in [0.15, 0.2) is 12.4 Å². The summed E-state index contributed by atoms with van der Waals surface area (Å²) in [6, 6.07) is 8.67. The third kappa shape index (κ3) is 2.27.